The van der Waals surface area contributed by atoms with E-state index in [0.717, 1.165) is 11.4 Å². The van der Waals surface area contributed by atoms with Crippen molar-refractivity contribution in [1.29, 1.82) is 0 Å². The van der Waals surface area contributed by atoms with Gasteiger partial charge in [0.1, 0.15) is 0 Å². The number of carbonyl (C=O) groups excluding carboxylic acids is 1. The second kappa shape index (κ2) is 4.62. The summed E-state index contributed by atoms with van der Waals surface area (Å²) in [6.07, 6.45) is 9.42. The normalized spacial score (nSPS) is 18.6. The largest absolute Gasteiger partial charge is 0.309 e. The second-order valence-corrected chi connectivity index (χ2v) is 4.51. The van der Waals surface area contributed by atoms with E-state index in [1.807, 2.05) is 36.5 Å². The van der Waals surface area contributed by atoms with Crippen LogP contribution < -0.4 is 4.90 Å². The zero-order chi connectivity index (χ0) is 13.2. The fourth-order valence-electron chi connectivity index (χ4n) is 2.35. The van der Waals surface area contributed by atoms with E-state index in [4.69, 9.17) is 6.42 Å². The Morgan fingerprint density at radius 1 is 1.26 bits per heavy atom. The van der Waals surface area contributed by atoms with Gasteiger partial charge in [-0.25, -0.2) is 4.68 Å². The molecule has 2 heterocycles. The molecule has 4 nitrogen and oxygen atoms in total. The van der Waals surface area contributed by atoms with Crippen LogP contribution in [0.1, 0.15) is 6.42 Å². The number of benzene rings is 1. The zero-order valence-electron chi connectivity index (χ0n) is 10.4. The van der Waals surface area contributed by atoms with Crippen LogP contribution in [0.5, 0.6) is 0 Å². The maximum atomic E-state index is 12.1. The van der Waals surface area contributed by atoms with Gasteiger partial charge in [0.15, 0.2) is 0 Å². The van der Waals surface area contributed by atoms with Crippen molar-refractivity contribution in [2.24, 2.45) is 5.92 Å². The molecule has 1 unspecified atom stereocenters. The van der Waals surface area contributed by atoms with Crippen molar-refractivity contribution < 1.29 is 4.79 Å². The number of rotatable bonds is 2. The Morgan fingerprint density at radius 2 is 2.05 bits per heavy atom. The van der Waals surface area contributed by atoms with E-state index in [-0.39, 0.29) is 11.8 Å². The first-order valence-electron chi connectivity index (χ1n) is 6.15. The minimum absolute atomic E-state index is 0.00169. The van der Waals surface area contributed by atoms with Gasteiger partial charge in [-0.15, -0.1) is 12.3 Å². The Labute approximate surface area is 111 Å². The number of amides is 1. The number of hydrogen-bond acceptors (Lipinski definition) is 2. The molecule has 0 bridgehead atoms. The van der Waals surface area contributed by atoms with Gasteiger partial charge < -0.3 is 4.90 Å². The minimum Gasteiger partial charge on any atom is -0.309 e. The van der Waals surface area contributed by atoms with Gasteiger partial charge in [-0.05, 0) is 18.2 Å². The van der Waals surface area contributed by atoms with Crippen molar-refractivity contribution in [3.63, 3.8) is 0 Å². The summed E-state index contributed by atoms with van der Waals surface area (Å²) in [5.41, 5.74) is 1.74. The molecule has 0 N–H and O–H groups in total. The van der Waals surface area contributed by atoms with Gasteiger partial charge in [0, 0.05) is 31.3 Å². The Bertz CT molecular complexity index is 640. The second-order valence-electron chi connectivity index (χ2n) is 4.51. The topological polar surface area (TPSA) is 38.1 Å². The molecule has 1 aromatic carbocycles. The van der Waals surface area contributed by atoms with Crippen molar-refractivity contribution in [3.8, 4) is 18.0 Å². The third-order valence-corrected chi connectivity index (χ3v) is 3.28. The molecule has 4 heteroatoms. The lowest BCUT2D eigenvalue weighted by Crippen LogP contribution is -2.25. The summed E-state index contributed by atoms with van der Waals surface area (Å²) in [5.74, 6) is 2.73. The van der Waals surface area contributed by atoms with Crippen LogP contribution in [0.25, 0.3) is 5.69 Å². The summed E-state index contributed by atoms with van der Waals surface area (Å²) in [7, 11) is 0. The number of anilines is 1. The molecular formula is C15H13N3O. The first-order chi connectivity index (χ1) is 9.29. The van der Waals surface area contributed by atoms with Crippen molar-refractivity contribution in [1.82, 2.24) is 9.78 Å². The lowest BCUT2D eigenvalue weighted by molar-refractivity contribution is -0.117. The summed E-state index contributed by atoms with van der Waals surface area (Å²) >= 11 is 0. The first kappa shape index (κ1) is 11.5. The van der Waals surface area contributed by atoms with Crippen molar-refractivity contribution in [3.05, 3.63) is 42.7 Å². The van der Waals surface area contributed by atoms with Crippen molar-refractivity contribution in [2.75, 3.05) is 11.4 Å². The molecule has 19 heavy (non-hydrogen) atoms. The summed E-state index contributed by atoms with van der Waals surface area (Å²) < 4.78 is 1.76. The molecular weight excluding hydrogens is 238 g/mol. The fraction of sp³-hybridized carbons (Fsp3) is 0.200. The first-order valence-corrected chi connectivity index (χ1v) is 6.15. The van der Waals surface area contributed by atoms with Crippen molar-refractivity contribution in [2.45, 2.75) is 6.42 Å². The predicted molar refractivity (Wildman–Crippen MR) is 72.9 cm³/mol. The molecule has 3 rings (SSSR count). The van der Waals surface area contributed by atoms with Gasteiger partial charge in [0.25, 0.3) is 0 Å². The average molecular weight is 251 g/mol. The van der Waals surface area contributed by atoms with Crippen molar-refractivity contribution >= 4 is 11.6 Å². The molecule has 94 valence electrons. The predicted octanol–water partition coefficient (Wildman–Crippen LogP) is 1.86. The molecule has 0 saturated carbocycles. The molecule has 0 radical (unpaired) electrons. The Kier molecular flexibility index (Phi) is 2.81. The standard InChI is InChI=1S/C15H13N3O/c1-2-12-10-15(19)17(11-12)13-6-3-4-7-14(13)18-9-5-8-16-18/h1,3-9,12H,10-11H2. The van der Waals surface area contributed by atoms with E-state index >= 15 is 0 Å². The summed E-state index contributed by atoms with van der Waals surface area (Å²) in [6, 6.07) is 9.57. The number of para-hydroxylation sites is 2. The van der Waals surface area contributed by atoms with Crippen LogP contribution in [0.3, 0.4) is 0 Å². The van der Waals surface area contributed by atoms with Gasteiger partial charge in [-0.1, -0.05) is 12.1 Å². The fourth-order valence-corrected chi connectivity index (χ4v) is 2.35. The Morgan fingerprint density at radius 3 is 2.68 bits per heavy atom. The molecule has 1 amide bonds. The van der Waals surface area contributed by atoms with E-state index in [2.05, 4.69) is 11.0 Å². The Balaban J connectivity index is 2.03. The van der Waals surface area contributed by atoms with Gasteiger partial charge in [0.05, 0.1) is 11.4 Å². The smallest absolute Gasteiger partial charge is 0.228 e. The van der Waals surface area contributed by atoms with Gasteiger partial charge >= 0.3 is 0 Å². The summed E-state index contributed by atoms with van der Waals surface area (Å²) in [4.78, 5) is 13.8. The molecule has 2 aromatic rings. The van der Waals surface area contributed by atoms with E-state index in [0.29, 0.717) is 13.0 Å². The molecule has 1 fully saturated rings. The maximum Gasteiger partial charge on any atom is 0.228 e. The van der Waals surface area contributed by atoms with Crippen LogP contribution in [-0.2, 0) is 4.79 Å². The maximum absolute atomic E-state index is 12.1. The highest BCUT2D eigenvalue weighted by molar-refractivity contribution is 5.97. The highest BCUT2D eigenvalue weighted by Gasteiger charge is 2.30. The summed E-state index contributed by atoms with van der Waals surface area (Å²) in [5, 5.41) is 4.22. The summed E-state index contributed by atoms with van der Waals surface area (Å²) in [6.45, 7) is 0.577. The highest BCUT2D eigenvalue weighted by Crippen LogP contribution is 2.29. The van der Waals surface area contributed by atoms with Crippen LogP contribution >= 0.6 is 0 Å². The van der Waals surface area contributed by atoms with Gasteiger partial charge in [0.2, 0.25) is 5.91 Å². The lowest BCUT2D eigenvalue weighted by atomic mass is 10.1. The number of carbonyl (C=O) groups is 1. The third kappa shape index (κ3) is 2.00. The monoisotopic (exact) mass is 251 g/mol. The number of aromatic nitrogens is 2. The average Bonchev–Trinajstić information content (AvgIpc) is 3.08. The molecule has 1 atom stereocenters. The van der Waals surface area contributed by atoms with E-state index in [9.17, 15) is 4.79 Å². The van der Waals surface area contributed by atoms with Crippen LogP contribution in [0.4, 0.5) is 5.69 Å². The van der Waals surface area contributed by atoms with Crippen LogP contribution in [0.2, 0.25) is 0 Å². The van der Waals surface area contributed by atoms with E-state index in [1.165, 1.54) is 0 Å². The van der Waals surface area contributed by atoms with E-state index < -0.39 is 0 Å². The van der Waals surface area contributed by atoms with Crippen LogP contribution in [-0.4, -0.2) is 22.2 Å². The number of hydrogen-bond donors (Lipinski definition) is 0. The SMILES string of the molecule is C#CC1CC(=O)N(c2ccccc2-n2cccn2)C1. The zero-order valence-corrected chi connectivity index (χ0v) is 10.4. The number of terminal acetylenes is 1. The molecule has 1 saturated heterocycles. The molecule has 1 aliphatic rings. The third-order valence-electron chi connectivity index (χ3n) is 3.28. The Hall–Kier alpha value is -2.54. The van der Waals surface area contributed by atoms with Crippen LogP contribution in [0, 0.1) is 18.3 Å². The molecule has 0 aliphatic carbocycles. The van der Waals surface area contributed by atoms with Gasteiger partial charge in [-0.3, -0.25) is 4.79 Å². The minimum atomic E-state index is -0.00169. The number of nitrogens with zero attached hydrogens (tertiary/aromatic N) is 3. The van der Waals surface area contributed by atoms with E-state index in [1.54, 1.807) is 15.8 Å². The molecule has 1 aromatic heterocycles. The van der Waals surface area contributed by atoms with Crippen LogP contribution in [0.15, 0.2) is 42.7 Å². The lowest BCUT2D eigenvalue weighted by Gasteiger charge is -2.19. The van der Waals surface area contributed by atoms with Gasteiger partial charge in [-0.2, -0.15) is 5.10 Å². The quantitative estimate of drug-likeness (QED) is 0.764. The highest BCUT2D eigenvalue weighted by atomic mass is 16.2. The molecule has 0 spiro atoms. The molecule has 1 aliphatic heterocycles.